The summed E-state index contributed by atoms with van der Waals surface area (Å²) >= 11 is 1.24. The number of nitrogens with zero attached hydrogens (tertiary/aromatic N) is 3. The minimum Gasteiger partial charge on any atom is -0.318 e. The molecule has 4 amide bonds. The number of imidazole rings is 1. The van der Waals surface area contributed by atoms with Crippen molar-refractivity contribution in [2.24, 2.45) is 0 Å². The van der Waals surface area contributed by atoms with Gasteiger partial charge in [0.05, 0.1) is 11.4 Å². The monoisotopic (exact) mass is 477 g/mol. The van der Waals surface area contributed by atoms with Gasteiger partial charge >= 0.3 is 6.03 Å². The zero-order valence-electron chi connectivity index (χ0n) is 19.3. The molecule has 1 saturated heterocycles. The summed E-state index contributed by atoms with van der Waals surface area (Å²) in [5, 5.41) is 4.18. The van der Waals surface area contributed by atoms with E-state index >= 15 is 0 Å². The van der Waals surface area contributed by atoms with Gasteiger partial charge in [-0.05, 0) is 29.5 Å². The van der Waals surface area contributed by atoms with Crippen LogP contribution in [0.5, 0.6) is 0 Å². The molecule has 0 bridgehead atoms. The number of para-hydroxylation sites is 1. The lowest BCUT2D eigenvalue weighted by molar-refractivity contribution is -0.138. The number of carbonyl (C=O) groups is 3. The molecule has 0 aliphatic carbocycles. The number of hydrazine groups is 1. The standard InChI is InChI=1S/C25H27N5O3S/c1-4-25(18-10-6-5-7-11-18)22(32)30(23(33)27-25)28-21(31)16-34-24-26-14-15-29(24)20-13-9-8-12-19(20)17(2)3/h5-15,17H,4,16H2,1-3H3,(H,27,33)(H,28,31). The highest BCUT2D eigenvalue weighted by Crippen LogP contribution is 2.32. The first-order chi connectivity index (χ1) is 16.4. The molecule has 4 rings (SSSR count). The Morgan fingerprint density at radius 1 is 1.12 bits per heavy atom. The van der Waals surface area contributed by atoms with Crippen LogP contribution in [-0.2, 0) is 15.1 Å². The van der Waals surface area contributed by atoms with Crippen molar-refractivity contribution >= 4 is 29.6 Å². The molecule has 1 atom stereocenters. The third kappa shape index (κ3) is 4.31. The zero-order valence-corrected chi connectivity index (χ0v) is 20.1. The highest BCUT2D eigenvalue weighted by atomic mass is 32.2. The van der Waals surface area contributed by atoms with Gasteiger partial charge in [0.1, 0.15) is 5.54 Å². The third-order valence-electron chi connectivity index (χ3n) is 5.88. The topological polar surface area (TPSA) is 96.3 Å². The van der Waals surface area contributed by atoms with E-state index in [-0.39, 0.29) is 5.75 Å². The van der Waals surface area contributed by atoms with Crippen molar-refractivity contribution in [1.29, 1.82) is 0 Å². The van der Waals surface area contributed by atoms with Crippen molar-refractivity contribution < 1.29 is 14.4 Å². The summed E-state index contributed by atoms with van der Waals surface area (Å²) < 4.78 is 1.94. The van der Waals surface area contributed by atoms with E-state index in [2.05, 4.69) is 35.6 Å². The van der Waals surface area contributed by atoms with Crippen LogP contribution in [-0.4, -0.2) is 38.2 Å². The average Bonchev–Trinajstić information content (AvgIpc) is 3.41. The van der Waals surface area contributed by atoms with E-state index in [0.717, 1.165) is 10.7 Å². The van der Waals surface area contributed by atoms with Gasteiger partial charge in [-0.15, -0.1) is 0 Å². The summed E-state index contributed by atoms with van der Waals surface area (Å²) in [6.45, 7) is 6.07. The van der Waals surface area contributed by atoms with Gasteiger partial charge in [0.2, 0.25) is 5.91 Å². The van der Waals surface area contributed by atoms with Crippen molar-refractivity contribution in [3.63, 3.8) is 0 Å². The van der Waals surface area contributed by atoms with Gasteiger partial charge < -0.3 is 5.32 Å². The van der Waals surface area contributed by atoms with Crippen LogP contribution in [0.3, 0.4) is 0 Å². The van der Waals surface area contributed by atoms with Crippen LogP contribution in [0, 0.1) is 0 Å². The average molecular weight is 478 g/mol. The van der Waals surface area contributed by atoms with Crippen LogP contribution in [0.4, 0.5) is 4.79 Å². The SMILES string of the molecule is CCC1(c2ccccc2)NC(=O)N(NC(=O)CSc2nccn2-c2ccccc2C(C)C)C1=O. The number of amides is 4. The second-order valence-electron chi connectivity index (χ2n) is 8.31. The van der Waals surface area contributed by atoms with Crippen LogP contribution in [0.15, 0.2) is 72.1 Å². The summed E-state index contributed by atoms with van der Waals surface area (Å²) in [6.07, 6.45) is 3.90. The number of carbonyl (C=O) groups excluding carboxylic acids is 3. The molecule has 1 aliphatic heterocycles. The van der Waals surface area contributed by atoms with E-state index in [1.165, 1.54) is 17.3 Å². The predicted octanol–water partition coefficient (Wildman–Crippen LogP) is 3.98. The Labute approximate surface area is 202 Å². The lowest BCUT2D eigenvalue weighted by atomic mass is 9.87. The molecular weight excluding hydrogens is 450 g/mol. The Morgan fingerprint density at radius 2 is 1.82 bits per heavy atom. The number of rotatable bonds is 8. The smallest absolute Gasteiger partial charge is 0.318 e. The first-order valence-corrected chi connectivity index (χ1v) is 12.1. The molecule has 9 heteroatoms. The molecule has 8 nitrogen and oxygen atoms in total. The van der Waals surface area contributed by atoms with Crippen LogP contribution >= 0.6 is 11.8 Å². The van der Waals surface area contributed by atoms with Crippen molar-refractivity contribution in [1.82, 2.24) is 25.3 Å². The number of benzene rings is 2. The summed E-state index contributed by atoms with van der Waals surface area (Å²) in [4.78, 5) is 42.9. The van der Waals surface area contributed by atoms with Crippen LogP contribution < -0.4 is 10.7 Å². The van der Waals surface area contributed by atoms with Gasteiger partial charge in [-0.2, -0.15) is 5.01 Å². The number of hydrogen-bond donors (Lipinski definition) is 2. The lowest BCUT2D eigenvalue weighted by Gasteiger charge is -2.25. The predicted molar refractivity (Wildman–Crippen MR) is 130 cm³/mol. The van der Waals surface area contributed by atoms with Crippen molar-refractivity contribution in [2.45, 2.75) is 43.8 Å². The fourth-order valence-electron chi connectivity index (χ4n) is 4.10. The van der Waals surface area contributed by atoms with Crippen molar-refractivity contribution in [3.05, 3.63) is 78.1 Å². The first kappa shape index (κ1) is 23.6. The number of nitrogens with one attached hydrogen (secondary N) is 2. The van der Waals surface area contributed by atoms with E-state index in [1.807, 2.05) is 54.1 Å². The molecule has 3 aromatic rings. The summed E-state index contributed by atoms with van der Waals surface area (Å²) in [5.74, 6) is -0.664. The molecule has 2 N–H and O–H groups in total. The fraction of sp³-hybridized carbons (Fsp3) is 0.280. The number of aromatic nitrogens is 2. The highest BCUT2D eigenvalue weighted by Gasteiger charge is 2.52. The van der Waals surface area contributed by atoms with Gasteiger partial charge in [-0.1, -0.05) is 81.1 Å². The maximum absolute atomic E-state index is 13.2. The summed E-state index contributed by atoms with van der Waals surface area (Å²) in [5.41, 5.74) is 4.11. The Kier molecular flexibility index (Phi) is 6.74. The fourth-order valence-corrected chi connectivity index (χ4v) is 4.86. The normalized spacial score (nSPS) is 17.8. The van der Waals surface area contributed by atoms with E-state index in [1.54, 1.807) is 18.3 Å². The Balaban J connectivity index is 1.46. The molecule has 2 heterocycles. The Bertz CT molecular complexity index is 1210. The first-order valence-electron chi connectivity index (χ1n) is 11.1. The van der Waals surface area contributed by atoms with E-state index < -0.39 is 23.4 Å². The molecule has 34 heavy (non-hydrogen) atoms. The third-order valence-corrected chi connectivity index (χ3v) is 6.85. The van der Waals surface area contributed by atoms with Crippen LogP contribution in [0.1, 0.15) is 44.2 Å². The molecule has 1 aliphatic rings. The summed E-state index contributed by atoms with van der Waals surface area (Å²) in [6, 6.07) is 16.4. The maximum Gasteiger partial charge on any atom is 0.344 e. The van der Waals surface area contributed by atoms with E-state index in [9.17, 15) is 14.4 Å². The van der Waals surface area contributed by atoms with Gasteiger partial charge in [0.15, 0.2) is 5.16 Å². The molecule has 1 fully saturated rings. The Hall–Kier alpha value is -3.59. The summed E-state index contributed by atoms with van der Waals surface area (Å²) in [7, 11) is 0. The van der Waals surface area contributed by atoms with E-state index in [0.29, 0.717) is 23.1 Å². The Morgan fingerprint density at radius 3 is 2.53 bits per heavy atom. The molecular formula is C25H27N5O3S. The minimum atomic E-state index is -1.20. The molecule has 1 unspecified atom stereocenters. The number of urea groups is 1. The highest BCUT2D eigenvalue weighted by molar-refractivity contribution is 7.99. The number of thioether (sulfide) groups is 1. The second kappa shape index (κ2) is 9.72. The molecule has 0 saturated carbocycles. The van der Waals surface area contributed by atoms with Gasteiger partial charge in [-0.3, -0.25) is 19.6 Å². The molecule has 0 spiro atoms. The van der Waals surface area contributed by atoms with Gasteiger partial charge in [-0.25, -0.2) is 9.78 Å². The maximum atomic E-state index is 13.2. The van der Waals surface area contributed by atoms with Crippen LogP contribution in [0.25, 0.3) is 5.69 Å². The molecule has 176 valence electrons. The van der Waals surface area contributed by atoms with Gasteiger partial charge in [0.25, 0.3) is 5.91 Å². The van der Waals surface area contributed by atoms with E-state index in [4.69, 9.17) is 0 Å². The molecule has 1 aromatic heterocycles. The number of imide groups is 1. The lowest BCUT2D eigenvalue weighted by Crippen LogP contribution is -2.49. The second-order valence-corrected chi connectivity index (χ2v) is 9.26. The minimum absolute atomic E-state index is 0.0115. The molecule has 0 radical (unpaired) electrons. The largest absolute Gasteiger partial charge is 0.344 e. The van der Waals surface area contributed by atoms with Crippen molar-refractivity contribution in [3.8, 4) is 5.69 Å². The van der Waals surface area contributed by atoms with Gasteiger partial charge in [0, 0.05) is 12.4 Å². The zero-order chi connectivity index (χ0) is 24.3. The molecule has 2 aromatic carbocycles. The number of hydrogen-bond acceptors (Lipinski definition) is 5. The quantitative estimate of drug-likeness (QED) is 0.378. The van der Waals surface area contributed by atoms with Crippen LogP contribution in [0.2, 0.25) is 0 Å². The van der Waals surface area contributed by atoms with Crippen molar-refractivity contribution in [2.75, 3.05) is 5.75 Å².